The molecule has 1 aromatic heterocycles. The Bertz CT molecular complexity index is 1310. The number of aliphatic hydroxyl groups is 1. The van der Waals surface area contributed by atoms with Gasteiger partial charge in [0.25, 0.3) is 5.78 Å². The third-order valence-corrected chi connectivity index (χ3v) is 6.45. The fourth-order valence-electron chi connectivity index (χ4n) is 3.70. The van der Waals surface area contributed by atoms with Gasteiger partial charge in [0.1, 0.15) is 5.76 Å². The van der Waals surface area contributed by atoms with E-state index in [-0.39, 0.29) is 11.3 Å². The van der Waals surface area contributed by atoms with E-state index in [0.717, 1.165) is 10.2 Å². The van der Waals surface area contributed by atoms with Crippen LogP contribution in [0.25, 0.3) is 16.0 Å². The van der Waals surface area contributed by atoms with Crippen molar-refractivity contribution in [2.75, 3.05) is 4.90 Å². The van der Waals surface area contributed by atoms with Crippen LogP contribution in [0.2, 0.25) is 5.02 Å². The van der Waals surface area contributed by atoms with E-state index in [0.29, 0.717) is 21.3 Å². The quantitative estimate of drug-likeness (QED) is 0.253. The maximum Gasteiger partial charge on any atom is 0.301 e. The lowest BCUT2D eigenvalue weighted by Gasteiger charge is -2.23. The van der Waals surface area contributed by atoms with E-state index in [1.165, 1.54) is 16.2 Å². The Kier molecular flexibility index (Phi) is 4.81. The Morgan fingerprint density at radius 2 is 1.61 bits per heavy atom. The van der Waals surface area contributed by atoms with Crippen LogP contribution in [0.4, 0.5) is 5.13 Å². The highest BCUT2D eigenvalue weighted by Crippen LogP contribution is 2.44. The molecule has 0 aliphatic carbocycles. The molecule has 0 radical (unpaired) electrons. The van der Waals surface area contributed by atoms with Crippen molar-refractivity contribution in [2.45, 2.75) is 6.04 Å². The largest absolute Gasteiger partial charge is 0.507 e. The van der Waals surface area contributed by atoms with Crippen LogP contribution in [-0.2, 0) is 9.59 Å². The standard InChI is InChI=1S/C24H15ClN2O3S/c25-16-12-10-14(11-13-16)20-19(21(28)15-6-2-1-3-7-15)22(29)23(30)27(20)24-26-17-8-4-5-9-18(17)31-24/h1-13,20,28H/b21-19+. The van der Waals surface area contributed by atoms with Crippen LogP contribution >= 0.6 is 22.9 Å². The molecule has 1 aliphatic heterocycles. The molecule has 1 amide bonds. The monoisotopic (exact) mass is 446 g/mol. The van der Waals surface area contributed by atoms with Gasteiger partial charge in [-0.25, -0.2) is 4.98 Å². The zero-order valence-electron chi connectivity index (χ0n) is 16.0. The number of hydrogen-bond acceptors (Lipinski definition) is 5. The molecule has 5 nitrogen and oxygen atoms in total. The Hall–Kier alpha value is -3.48. The number of nitrogens with zero attached hydrogens (tertiary/aromatic N) is 2. The summed E-state index contributed by atoms with van der Waals surface area (Å²) >= 11 is 7.38. The fourth-order valence-corrected chi connectivity index (χ4v) is 4.82. The van der Waals surface area contributed by atoms with Crippen LogP contribution in [0.5, 0.6) is 0 Å². The molecule has 2 heterocycles. The third-order valence-electron chi connectivity index (χ3n) is 5.17. The van der Waals surface area contributed by atoms with Crippen molar-refractivity contribution in [3.63, 3.8) is 0 Å². The van der Waals surface area contributed by atoms with Crippen LogP contribution < -0.4 is 4.90 Å². The van der Waals surface area contributed by atoms with Gasteiger partial charge in [0.15, 0.2) is 5.13 Å². The molecule has 1 unspecified atom stereocenters. The molecule has 1 fully saturated rings. The third kappa shape index (κ3) is 3.30. The van der Waals surface area contributed by atoms with Crippen molar-refractivity contribution >= 4 is 55.7 Å². The predicted octanol–water partition coefficient (Wildman–Crippen LogP) is 5.58. The number of fused-ring (bicyclic) bond motifs is 1. The molecule has 3 aromatic carbocycles. The number of Topliss-reactive ketones (excluding diaryl/α,β-unsaturated/α-hetero) is 1. The molecule has 5 rings (SSSR count). The van der Waals surface area contributed by atoms with E-state index in [1.54, 1.807) is 48.5 Å². The molecule has 31 heavy (non-hydrogen) atoms. The minimum Gasteiger partial charge on any atom is -0.507 e. The Labute approximate surface area is 186 Å². The van der Waals surface area contributed by atoms with Crippen LogP contribution in [0.15, 0.2) is 84.4 Å². The summed E-state index contributed by atoms with van der Waals surface area (Å²) in [7, 11) is 0. The minimum absolute atomic E-state index is 0.0257. The first-order valence-electron chi connectivity index (χ1n) is 9.52. The number of amides is 1. The maximum atomic E-state index is 13.2. The number of benzene rings is 3. The van der Waals surface area contributed by atoms with Crippen LogP contribution in [0.1, 0.15) is 17.2 Å². The highest BCUT2D eigenvalue weighted by molar-refractivity contribution is 7.22. The number of halogens is 1. The smallest absolute Gasteiger partial charge is 0.301 e. The number of para-hydroxylation sites is 1. The molecule has 1 saturated heterocycles. The first kappa shape index (κ1) is 19.5. The molecule has 7 heteroatoms. The summed E-state index contributed by atoms with van der Waals surface area (Å²) in [5, 5.41) is 12.0. The first-order valence-corrected chi connectivity index (χ1v) is 10.7. The van der Waals surface area contributed by atoms with Gasteiger partial charge in [0.2, 0.25) is 0 Å². The van der Waals surface area contributed by atoms with Crippen molar-refractivity contribution in [3.8, 4) is 0 Å². The van der Waals surface area contributed by atoms with E-state index in [2.05, 4.69) is 4.98 Å². The molecule has 4 aromatic rings. The second-order valence-electron chi connectivity index (χ2n) is 7.05. The first-order chi connectivity index (χ1) is 15.0. The Balaban J connectivity index is 1.74. The zero-order valence-corrected chi connectivity index (χ0v) is 17.6. The molecule has 152 valence electrons. The lowest BCUT2D eigenvalue weighted by molar-refractivity contribution is -0.132. The van der Waals surface area contributed by atoms with Crippen molar-refractivity contribution in [1.29, 1.82) is 0 Å². The molecule has 1 N–H and O–H groups in total. The topological polar surface area (TPSA) is 70.5 Å². The number of hydrogen-bond donors (Lipinski definition) is 1. The number of ketones is 1. The lowest BCUT2D eigenvalue weighted by Crippen LogP contribution is -2.29. The molecule has 0 bridgehead atoms. The summed E-state index contributed by atoms with van der Waals surface area (Å²) in [6.45, 7) is 0. The lowest BCUT2D eigenvalue weighted by atomic mass is 9.95. The summed E-state index contributed by atoms with van der Waals surface area (Å²) < 4.78 is 0.900. The van der Waals surface area contributed by atoms with Crippen molar-refractivity contribution in [1.82, 2.24) is 4.98 Å². The fraction of sp³-hybridized carbons (Fsp3) is 0.0417. The van der Waals surface area contributed by atoms with Crippen LogP contribution in [-0.4, -0.2) is 21.8 Å². The van der Waals surface area contributed by atoms with Gasteiger partial charge in [0.05, 0.1) is 21.8 Å². The second kappa shape index (κ2) is 7.65. The summed E-state index contributed by atoms with van der Waals surface area (Å²) in [5.41, 5.74) is 1.88. The molecular formula is C24H15ClN2O3S. The van der Waals surface area contributed by atoms with E-state index in [9.17, 15) is 14.7 Å². The molecule has 1 atom stereocenters. The molecule has 0 spiro atoms. The molecule has 0 saturated carbocycles. The van der Waals surface area contributed by atoms with E-state index in [1.807, 2.05) is 30.3 Å². The van der Waals surface area contributed by atoms with E-state index >= 15 is 0 Å². The van der Waals surface area contributed by atoms with Crippen molar-refractivity contribution in [2.24, 2.45) is 0 Å². The summed E-state index contributed by atoms with van der Waals surface area (Å²) in [6, 6.07) is 22.3. The van der Waals surface area contributed by atoms with Gasteiger partial charge in [-0.2, -0.15) is 0 Å². The highest BCUT2D eigenvalue weighted by atomic mass is 35.5. The summed E-state index contributed by atoms with van der Waals surface area (Å²) in [5.74, 6) is -1.69. The number of carbonyl (C=O) groups excluding carboxylic acids is 2. The number of rotatable bonds is 3. The van der Waals surface area contributed by atoms with Gasteiger partial charge < -0.3 is 5.11 Å². The van der Waals surface area contributed by atoms with Crippen LogP contribution in [0, 0.1) is 0 Å². The Morgan fingerprint density at radius 3 is 2.32 bits per heavy atom. The maximum absolute atomic E-state index is 13.2. The van der Waals surface area contributed by atoms with Gasteiger partial charge >= 0.3 is 5.91 Å². The van der Waals surface area contributed by atoms with Gasteiger partial charge in [0, 0.05) is 10.6 Å². The SMILES string of the molecule is O=C1C(=O)N(c2nc3ccccc3s2)C(c2ccc(Cl)cc2)/C1=C(\O)c1ccccc1. The summed E-state index contributed by atoms with van der Waals surface area (Å²) in [4.78, 5) is 32.2. The van der Waals surface area contributed by atoms with Crippen LogP contribution in [0.3, 0.4) is 0 Å². The average molecular weight is 447 g/mol. The van der Waals surface area contributed by atoms with Gasteiger partial charge in [-0.3, -0.25) is 14.5 Å². The van der Waals surface area contributed by atoms with E-state index in [4.69, 9.17) is 11.6 Å². The average Bonchev–Trinajstić information content (AvgIpc) is 3.33. The number of thiazole rings is 1. The predicted molar refractivity (Wildman–Crippen MR) is 122 cm³/mol. The Morgan fingerprint density at radius 1 is 0.935 bits per heavy atom. The van der Waals surface area contributed by atoms with E-state index < -0.39 is 17.7 Å². The number of aromatic nitrogens is 1. The number of anilines is 1. The van der Waals surface area contributed by atoms with Gasteiger partial charge in [-0.05, 0) is 29.8 Å². The molecular weight excluding hydrogens is 432 g/mol. The molecule has 1 aliphatic rings. The normalized spacial score (nSPS) is 18.1. The van der Waals surface area contributed by atoms with Crippen molar-refractivity contribution in [3.05, 3.63) is 101 Å². The number of aliphatic hydroxyl groups excluding tert-OH is 1. The van der Waals surface area contributed by atoms with Gasteiger partial charge in [-0.1, -0.05) is 77.5 Å². The minimum atomic E-state index is -0.821. The van der Waals surface area contributed by atoms with Gasteiger partial charge in [-0.15, -0.1) is 0 Å². The summed E-state index contributed by atoms with van der Waals surface area (Å²) in [6.07, 6.45) is 0. The van der Waals surface area contributed by atoms with Crippen molar-refractivity contribution < 1.29 is 14.7 Å². The highest BCUT2D eigenvalue weighted by Gasteiger charge is 2.48. The zero-order chi connectivity index (χ0) is 21.5. The number of carbonyl (C=O) groups is 2. The second-order valence-corrected chi connectivity index (χ2v) is 8.50.